The molecule has 4 rings (SSSR count). The predicted octanol–water partition coefficient (Wildman–Crippen LogP) is 4.14. The van der Waals surface area contributed by atoms with Crippen molar-refractivity contribution >= 4 is 40.9 Å². The third-order valence-electron chi connectivity index (χ3n) is 4.53. The van der Waals surface area contributed by atoms with Crippen molar-refractivity contribution in [2.45, 2.75) is 23.5 Å². The highest BCUT2D eigenvalue weighted by atomic mass is 35.5. The second kappa shape index (κ2) is 7.93. The average molecular weight is 420 g/mol. The van der Waals surface area contributed by atoms with Gasteiger partial charge in [0.2, 0.25) is 6.79 Å². The lowest BCUT2D eigenvalue weighted by Crippen LogP contribution is -2.35. The first-order valence-electron chi connectivity index (χ1n) is 8.85. The summed E-state index contributed by atoms with van der Waals surface area (Å²) in [6.07, 6.45) is 0.858. The number of hydrogen-bond donors (Lipinski definition) is 0. The van der Waals surface area contributed by atoms with Gasteiger partial charge < -0.3 is 19.1 Å². The molecular weight excluding hydrogens is 402 g/mol. The van der Waals surface area contributed by atoms with Crippen LogP contribution in [-0.4, -0.2) is 37.1 Å². The number of nitrogens with zero attached hydrogens (tertiary/aromatic N) is 1. The van der Waals surface area contributed by atoms with Gasteiger partial charge in [0.1, 0.15) is 0 Å². The summed E-state index contributed by atoms with van der Waals surface area (Å²) in [6, 6.07) is 10.7. The van der Waals surface area contributed by atoms with Crippen LogP contribution < -0.4 is 14.4 Å². The van der Waals surface area contributed by atoms with Crippen LogP contribution in [0.3, 0.4) is 0 Å². The molecule has 0 radical (unpaired) electrons. The van der Waals surface area contributed by atoms with E-state index in [4.69, 9.17) is 25.8 Å². The average Bonchev–Trinajstić information content (AvgIpc) is 3.09. The van der Waals surface area contributed by atoms with Gasteiger partial charge in [-0.3, -0.25) is 4.79 Å². The van der Waals surface area contributed by atoms with E-state index in [9.17, 15) is 9.59 Å². The number of carbonyl (C=O) groups is 2. The normalized spacial score (nSPS) is 17.6. The Balaban J connectivity index is 1.46. The Morgan fingerprint density at radius 3 is 2.96 bits per heavy atom. The summed E-state index contributed by atoms with van der Waals surface area (Å²) in [5, 5.41) is 0.665. The minimum atomic E-state index is -0.639. The molecule has 0 saturated carbocycles. The van der Waals surface area contributed by atoms with E-state index in [1.165, 1.54) is 12.1 Å². The number of para-hydroxylation sites is 1. The number of thioether (sulfide) groups is 1. The lowest BCUT2D eigenvalue weighted by molar-refractivity contribution is -0.121. The van der Waals surface area contributed by atoms with Gasteiger partial charge in [-0.2, -0.15) is 0 Å². The van der Waals surface area contributed by atoms with Gasteiger partial charge in [-0.25, -0.2) is 4.79 Å². The van der Waals surface area contributed by atoms with Crippen LogP contribution in [0.2, 0.25) is 5.02 Å². The molecule has 2 aromatic carbocycles. The van der Waals surface area contributed by atoms with Crippen LogP contribution in [0.5, 0.6) is 11.5 Å². The van der Waals surface area contributed by atoms with E-state index in [1.54, 1.807) is 16.7 Å². The second-order valence-corrected chi connectivity index (χ2v) is 8.39. The fourth-order valence-corrected chi connectivity index (χ4v) is 4.50. The minimum Gasteiger partial charge on any atom is -0.454 e. The van der Waals surface area contributed by atoms with Gasteiger partial charge in [-0.1, -0.05) is 30.7 Å². The van der Waals surface area contributed by atoms with Crippen LogP contribution in [-0.2, 0) is 9.53 Å². The lowest BCUT2D eigenvalue weighted by atomic mass is 10.2. The Labute approximate surface area is 171 Å². The summed E-state index contributed by atoms with van der Waals surface area (Å²) in [5.41, 5.74) is 1.06. The van der Waals surface area contributed by atoms with E-state index >= 15 is 0 Å². The van der Waals surface area contributed by atoms with Gasteiger partial charge in [-0.15, -0.1) is 11.8 Å². The summed E-state index contributed by atoms with van der Waals surface area (Å²) < 4.78 is 15.7. The third-order valence-corrected chi connectivity index (χ3v) is 6.05. The number of anilines is 1. The molecule has 2 heterocycles. The largest absolute Gasteiger partial charge is 0.454 e. The standard InChI is InChI=1S/C20H18ClNO5S/c1-12-6-7-22(15-4-2-3-5-17(15)28-12)18(23)10-25-20(24)13-8-14(21)19-16(9-13)26-11-27-19/h2-5,8-9,12H,6-7,10-11H2,1H3. The van der Waals surface area contributed by atoms with Crippen molar-refractivity contribution in [3.05, 3.63) is 47.0 Å². The van der Waals surface area contributed by atoms with Crippen molar-refractivity contribution < 1.29 is 23.8 Å². The molecule has 0 spiro atoms. The van der Waals surface area contributed by atoms with Gasteiger partial charge in [0.05, 0.1) is 16.3 Å². The molecule has 8 heteroatoms. The summed E-state index contributed by atoms with van der Waals surface area (Å²) >= 11 is 7.85. The minimum absolute atomic E-state index is 0.0524. The lowest BCUT2D eigenvalue weighted by Gasteiger charge is -2.22. The molecule has 0 bridgehead atoms. The van der Waals surface area contributed by atoms with Crippen LogP contribution in [0.25, 0.3) is 0 Å². The Kier molecular flexibility index (Phi) is 5.37. The highest BCUT2D eigenvalue weighted by molar-refractivity contribution is 8.00. The number of fused-ring (bicyclic) bond motifs is 2. The van der Waals surface area contributed by atoms with Crippen LogP contribution in [0.15, 0.2) is 41.3 Å². The third kappa shape index (κ3) is 3.77. The van der Waals surface area contributed by atoms with E-state index in [0.717, 1.165) is 17.0 Å². The van der Waals surface area contributed by atoms with E-state index < -0.39 is 5.97 Å². The highest BCUT2D eigenvalue weighted by Crippen LogP contribution is 2.40. The topological polar surface area (TPSA) is 65.1 Å². The Morgan fingerprint density at radius 1 is 1.29 bits per heavy atom. The van der Waals surface area contributed by atoms with Crippen molar-refractivity contribution in [1.82, 2.24) is 0 Å². The number of esters is 1. The molecular formula is C20H18ClNO5S. The molecule has 1 amide bonds. The molecule has 0 aliphatic carbocycles. The second-order valence-electron chi connectivity index (χ2n) is 6.50. The molecule has 6 nitrogen and oxygen atoms in total. The van der Waals surface area contributed by atoms with E-state index in [2.05, 4.69) is 6.92 Å². The molecule has 28 heavy (non-hydrogen) atoms. The number of carbonyl (C=O) groups excluding carboxylic acids is 2. The molecule has 1 unspecified atom stereocenters. The molecule has 2 aliphatic rings. The maximum Gasteiger partial charge on any atom is 0.338 e. The molecule has 2 aliphatic heterocycles. The van der Waals surface area contributed by atoms with Gasteiger partial charge in [-0.05, 0) is 30.7 Å². The van der Waals surface area contributed by atoms with Crippen molar-refractivity contribution in [2.75, 3.05) is 24.8 Å². The first-order valence-corrected chi connectivity index (χ1v) is 10.1. The van der Waals surface area contributed by atoms with Crippen LogP contribution in [0.4, 0.5) is 5.69 Å². The fourth-order valence-electron chi connectivity index (χ4n) is 3.12. The van der Waals surface area contributed by atoms with Crippen molar-refractivity contribution in [3.63, 3.8) is 0 Å². The monoisotopic (exact) mass is 419 g/mol. The maximum atomic E-state index is 12.8. The van der Waals surface area contributed by atoms with Crippen LogP contribution in [0, 0.1) is 0 Å². The zero-order valence-corrected chi connectivity index (χ0v) is 16.7. The Hall–Kier alpha value is -2.38. The SMILES string of the molecule is CC1CCN(C(=O)COC(=O)c2cc(Cl)c3c(c2)OCO3)c2ccccc2S1. The van der Waals surface area contributed by atoms with E-state index in [1.807, 2.05) is 24.3 Å². The van der Waals surface area contributed by atoms with Crippen molar-refractivity contribution in [1.29, 1.82) is 0 Å². The molecule has 0 saturated heterocycles. The summed E-state index contributed by atoms with van der Waals surface area (Å²) in [6.45, 7) is 2.42. The Morgan fingerprint density at radius 2 is 2.11 bits per heavy atom. The summed E-state index contributed by atoms with van der Waals surface area (Å²) in [7, 11) is 0. The van der Waals surface area contributed by atoms with Gasteiger partial charge in [0.15, 0.2) is 18.1 Å². The summed E-state index contributed by atoms with van der Waals surface area (Å²) in [4.78, 5) is 27.9. The van der Waals surface area contributed by atoms with Gasteiger partial charge in [0.25, 0.3) is 5.91 Å². The van der Waals surface area contributed by atoms with Crippen molar-refractivity contribution in [3.8, 4) is 11.5 Å². The molecule has 0 aromatic heterocycles. The number of ether oxygens (including phenoxy) is 3. The number of hydrogen-bond acceptors (Lipinski definition) is 6. The van der Waals surface area contributed by atoms with E-state index in [-0.39, 0.29) is 29.9 Å². The summed E-state index contributed by atoms with van der Waals surface area (Å²) in [5.74, 6) is -0.109. The first-order chi connectivity index (χ1) is 13.5. The molecule has 2 aromatic rings. The molecule has 146 valence electrons. The predicted molar refractivity (Wildman–Crippen MR) is 107 cm³/mol. The number of benzene rings is 2. The molecule has 1 atom stereocenters. The highest BCUT2D eigenvalue weighted by Gasteiger charge is 2.26. The number of amides is 1. The molecule has 0 N–H and O–H groups in total. The first kappa shape index (κ1) is 19.0. The van der Waals surface area contributed by atoms with Gasteiger partial charge >= 0.3 is 5.97 Å². The fraction of sp³-hybridized carbons (Fsp3) is 0.300. The number of halogens is 1. The Bertz CT molecular complexity index is 935. The van der Waals surface area contributed by atoms with E-state index in [0.29, 0.717) is 23.3 Å². The zero-order valence-electron chi connectivity index (χ0n) is 15.1. The zero-order chi connectivity index (χ0) is 19.7. The molecule has 0 fully saturated rings. The number of rotatable bonds is 3. The van der Waals surface area contributed by atoms with Crippen LogP contribution in [0.1, 0.15) is 23.7 Å². The quantitative estimate of drug-likeness (QED) is 0.696. The maximum absolute atomic E-state index is 12.8. The van der Waals surface area contributed by atoms with Gasteiger partial charge in [0, 0.05) is 16.7 Å². The van der Waals surface area contributed by atoms with Crippen LogP contribution >= 0.6 is 23.4 Å². The smallest absolute Gasteiger partial charge is 0.338 e. The van der Waals surface area contributed by atoms with Crippen molar-refractivity contribution in [2.24, 2.45) is 0 Å².